The second-order valence-corrected chi connectivity index (χ2v) is 9.33. The molecule has 0 spiro atoms. The van der Waals surface area contributed by atoms with Crippen molar-refractivity contribution in [2.45, 2.75) is 38.1 Å². The maximum atomic E-state index is 14.0. The molecule has 33 heavy (non-hydrogen) atoms. The molecule has 4 rings (SSSR count). The Kier molecular flexibility index (Phi) is 6.21. The number of nitrogens with zero attached hydrogens (tertiary/aromatic N) is 5. The van der Waals surface area contributed by atoms with Gasteiger partial charge in [0.05, 0.1) is 12.2 Å². The van der Waals surface area contributed by atoms with Crippen LogP contribution < -0.4 is 5.32 Å². The summed E-state index contributed by atoms with van der Waals surface area (Å²) >= 11 is 9.76. The van der Waals surface area contributed by atoms with Crippen molar-refractivity contribution in [3.8, 4) is 0 Å². The first-order valence-corrected chi connectivity index (χ1v) is 11.2. The number of nitrogens with one attached hydrogen (secondary N) is 1. The third-order valence-electron chi connectivity index (χ3n) is 5.86. The fraction of sp³-hybridized carbons (Fsp3) is 0.381. The Hall–Kier alpha value is -2.53. The molecule has 176 valence electrons. The molecule has 1 aromatic carbocycles. The molecule has 7 nitrogen and oxygen atoms in total. The zero-order valence-corrected chi connectivity index (χ0v) is 20.3. The summed E-state index contributed by atoms with van der Waals surface area (Å²) in [5.74, 6) is -0.597. The average Bonchev–Trinajstić information content (AvgIpc) is 3.26. The lowest BCUT2D eigenvalue weighted by molar-refractivity contribution is -0.173. The standard InChI is InChI=1S/C21H21BrClF3N6O/c1-11-13(9-27-31(11)3)10-30(2)20(33)18-17(23)19-28-15(12-4-6-14(22)7-5-12)8-16(21(24,25)26)32(19)29-18/h4-7,9,15-16,28H,8,10H2,1-3H3. The highest BCUT2D eigenvalue weighted by Gasteiger charge is 2.48. The first-order chi connectivity index (χ1) is 15.5. The second kappa shape index (κ2) is 8.68. The molecule has 1 aliphatic heterocycles. The normalized spacial score (nSPS) is 18.1. The molecular weight excluding hydrogens is 525 g/mol. The van der Waals surface area contributed by atoms with E-state index in [1.165, 1.54) is 4.90 Å². The number of rotatable bonds is 4. The number of fused-ring (bicyclic) bond motifs is 1. The molecule has 3 aromatic rings. The molecule has 2 unspecified atom stereocenters. The predicted octanol–water partition coefficient (Wildman–Crippen LogP) is 5.27. The van der Waals surface area contributed by atoms with E-state index in [-0.39, 0.29) is 29.5 Å². The van der Waals surface area contributed by atoms with Crippen LogP contribution in [0.25, 0.3) is 0 Å². The maximum absolute atomic E-state index is 14.0. The molecule has 0 fully saturated rings. The Morgan fingerprint density at radius 2 is 2.00 bits per heavy atom. The summed E-state index contributed by atoms with van der Waals surface area (Å²) < 4.78 is 45.2. The van der Waals surface area contributed by atoms with E-state index in [0.29, 0.717) is 5.56 Å². The summed E-state index contributed by atoms with van der Waals surface area (Å²) in [6, 6.07) is 4.43. The van der Waals surface area contributed by atoms with Gasteiger partial charge in [-0.05, 0) is 24.6 Å². The van der Waals surface area contributed by atoms with Gasteiger partial charge in [0, 0.05) is 42.8 Å². The number of anilines is 1. The number of carbonyl (C=O) groups excluding carboxylic acids is 1. The van der Waals surface area contributed by atoms with Crippen LogP contribution in [0, 0.1) is 6.92 Å². The first-order valence-electron chi connectivity index (χ1n) is 10.1. The number of alkyl halides is 3. The Morgan fingerprint density at radius 3 is 2.58 bits per heavy atom. The van der Waals surface area contributed by atoms with Gasteiger partial charge in [-0.1, -0.05) is 39.7 Å². The summed E-state index contributed by atoms with van der Waals surface area (Å²) in [5.41, 5.74) is 2.14. The Balaban J connectivity index is 1.67. The SMILES string of the molecule is Cc1c(CN(C)C(=O)c2nn3c(c2Cl)NC(c2ccc(Br)cc2)CC3C(F)(F)F)cnn1C. The van der Waals surface area contributed by atoms with Gasteiger partial charge in [-0.25, -0.2) is 4.68 Å². The van der Waals surface area contributed by atoms with Gasteiger partial charge in [0.1, 0.15) is 10.8 Å². The van der Waals surface area contributed by atoms with E-state index in [9.17, 15) is 18.0 Å². The molecule has 1 amide bonds. The fourth-order valence-electron chi connectivity index (χ4n) is 3.85. The second-order valence-electron chi connectivity index (χ2n) is 8.04. The van der Waals surface area contributed by atoms with Gasteiger partial charge in [0.2, 0.25) is 0 Å². The van der Waals surface area contributed by atoms with Gasteiger partial charge >= 0.3 is 6.18 Å². The van der Waals surface area contributed by atoms with Crippen LogP contribution in [0.5, 0.6) is 0 Å². The lowest BCUT2D eigenvalue weighted by Gasteiger charge is -2.33. The molecule has 3 heterocycles. The lowest BCUT2D eigenvalue weighted by Crippen LogP contribution is -2.36. The maximum Gasteiger partial charge on any atom is 0.410 e. The summed E-state index contributed by atoms with van der Waals surface area (Å²) in [4.78, 5) is 14.4. The van der Waals surface area contributed by atoms with Gasteiger partial charge < -0.3 is 10.2 Å². The molecule has 0 saturated heterocycles. The third-order valence-corrected chi connectivity index (χ3v) is 6.75. The van der Waals surface area contributed by atoms with Crippen molar-refractivity contribution in [2.24, 2.45) is 7.05 Å². The van der Waals surface area contributed by atoms with Crippen LogP contribution in [0.1, 0.15) is 45.8 Å². The predicted molar refractivity (Wildman–Crippen MR) is 121 cm³/mol. The van der Waals surface area contributed by atoms with Gasteiger partial charge in [-0.15, -0.1) is 0 Å². The number of aryl methyl sites for hydroxylation is 1. The summed E-state index contributed by atoms with van der Waals surface area (Å²) in [6.07, 6.45) is -3.21. The summed E-state index contributed by atoms with van der Waals surface area (Å²) in [5, 5.41) is 11.1. The van der Waals surface area contributed by atoms with Gasteiger partial charge in [0.25, 0.3) is 5.91 Å². The zero-order chi connectivity index (χ0) is 24.1. The Labute approximate surface area is 201 Å². The van der Waals surface area contributed by atoms with Crippen LogP contribution in [0.4, 0.5) is 19.0 Å². The number of amides is 1. The zero-order valence-electron chi connectivity index (χ0n) is 18.0. The molecule has 1 N–H and O–H groups in total. The van der Waals surface area contributed by atoms with E-state index >= 15 is 0 Å². The van der Waals surface area contributed by atoms with E-state index in [0.717, 1.165) is 20.4 Å². The first kappa shape index (κ1) is 23.6. The number of hydrogen-bond acceptors (Lipinski definition) is 4. The number of aromatic nitrogens is 4. The lowest BCUT2D eigenvalue weighted by atomic mass is 9.97. The Bertz CT molecular complexity index is 1190. The van der Waals surface area contributed by atoms with Crippen LogP contribution in [0.3, 0.4) is 0 Å². The van der Waals surface area contributed by atoms with Crippen molar-refractivity contribution >= 4 is 39.3 Å². The smallest absolute Gasteiger partial charge is 0.362 e. The van der Waals surface area contributed by atoms with Crippen LogP contribution in [0.15, 0.2) is 34.9 Å². The van der Waals surface area contributed by atoms with Crippen molar-refractivity contribution < 1.29 is 18.0 Å². The molecular formula is C21H21BrClF3N6O. The Morgan fingerprint density at radius 1 is 1.33 bits per heavy atom. The van der Waals surface area contributed by atoms with E-state index < -0.39 is 24.2 Å². The number of carbonyl (C=O) groups is 1. The van der Waals surface area contributed by atoms with E-state index in [2.05, 4.69) is 31.4 Å². The van der Waals surface area contributed by atoms with E-state index in [1.807, 2.05) is 6.92 Å². The molecule has 2 aromatic heterocycles. The van der Waals surface area contributed by atoms with Gasteiger partial charge in [-0.3, -0.25) is 9.48 Å². The molecule has 1 aliphatic rings. The van der Waals surface area contributed by atoms with E-state index in [4.69, 9.17) is 11.6 Å². The third kappa shape index (κ3) is 4.48. The quantitative estimate of drug-likeness (QED) is 0.485. The molecule has 0 aliphatic carbocycles. The summed E-state index contributed by atoms with van der Waals surface area (Å²) in [7, 11) is 3.33. The topological polar surface area (TPSA) is 68.0 Å². The minimum atomic E-state index is -4.57. The number of hydrogen-bond donors (Lipinski definition) is 1. The van der Waals surface area contributed by atoms with Crippen LogP contribution in [0.2, 0.25) is 5.02 Å². The molecule has 0 saturated carbocycles. The van der Waals surface area contributed by atoms with Crippen molar-refractivity contribution in [1.29, 1.82) is 0 Å². The molecule has 2 atom stereocenters. The van der Waals surface area contributed by atoms with E-state index in [1.54, 1.807) is 49.2 Å². The summed E-state index contributed by atoms with van der Waals surface area (Å²) in [6.45, 7) is 2.08. The number of benzene rings is 1. The highest BCUT2D eigenvalue weighted by molar-refractivity contribution is 9.10. The van der Waals surface area contributed by atoms with Crippen LogP contribution >= 0.6 is 27.5 Å². The van der Waals surface area contributed by atoms with Crippen LogP contribution in [-0.4, -0.2) is 43.6 Å². The van der Waals surface area contributed by atoms with Crippen molar-refractivity contribution in [1.82, 2.24) is 24.5 Å². The largest absolute Gasteiger partial charge is 0.410 e. The minimum absolute atomic E-state index is 0.0209. The highest BCUT2D eigenvalue weighted by Crippen LogP contribution is 2.46. The molecule has 12 heteroatoms. The molecule has 0 radical (unpaired) electrons. The highest BCUT2D eigenvalue weighted by atomic mass is 79.9. The van der Waals surface area contributed by atoms with Crippen molar-refractivity contribution in [3.05, 3.63) is 62.5 Å². The average molecular weight is 546 g/mol. The fourth-order valence-corrected chi connectivity index (χ4v) is 4.37. The van der Waals surface area contributed by atoms with Crippen molar-refractivity contribution in [3.63, 3.8) is 0 Å². The van der Waals surface area contributed by atoms with Crippen LogP contribution in [-0.2, 0) is 13.6 Å². The number of halogens is 5. The molecule has 0 bridgehead atoms. The monoisotopic (exact) mass is 544 g/mol. The van der Waals surface area contributed by atoms with Gasteiger partial charge in [0.15, 0.2) is 11.7 Å². The minimum Gasteiger partial charge on any atom is -0.362 e. The van der Waals surface area contributed by atoms with Crippen molar-refractivity contribution in [2.75, 3.05) is 12.4 Å². The van der Waals surface area contributed by atoms with Gasteiger partial charge in [-0.2, -0.15) is 23.4 Å².